The van der Waals surface area contributed by atoms with Crippen LogP contribution in [0.5, 0.6) is 11.5 Å². The quantitative estimate of drug-likeness (QED) is 0.444. The highest BCUT2D eigenvalue weighted by Gasteiger charge is 2.47. The molecule has 1 aliphatic carbocycles. The average molecular weight is 400 g/mol. The van der Waals surface area contributed by atoms with Crippen molar-refractivity contribution in [1.29, 1.82) is 0 Å². The van der Waals surface area contributed by atoms with Gasteiger partial charge < -0.3 is 19.5 Å². The molecule has 0 saturated carbocycles. The molecule has 2 heterocycles. The number of esters is 1. The average Bonchev–Trinajstić information content (AvgIpc) is 2.97. The lowest BCUT2D eigenvalue weighted by Crippen LogP contribution is -2.37. The zero-order valence-electron chi connectivity index (χ0n) is 15.6. The van der Waals surface area contributed by atoms with Crippen LogP contribution in [-0.4, -0.2) is 55.0 Å². The molecule has 2 unspecified atom stereocenters. The maximum Gasteiger partial charge on any atom is 0.326 e. The number of imide groups is 1. The molecule has 3 amide bonds. The van der Waals surface area contributed by atoms with Crippen LogP contribution in [0.1, 0.15) is 12.8 Å². The number of fused-ring (bicyclic) bond motifs is 2. The van der Waals surface area contributed by atoms with Gasteiger partial charge in [0.25, 0.3) is 5.91 Å². The van der Waals surface area contributed by atoms with Gasteiger partial charge in [-0.15, -0.1) is 0 Å². The normalized spacial score (nSPS) is 22.3. The summed E-state index contributed by atoms with van der Waals surface area (Å²) in [5, 5.41) is 2.59. The highest BCUT2D eigenvalue weighted by atomic mass is 16.6. The van der Waals surface area contributed by atoms with Crippen molar-refractivity contribution in [2.24, 2.45) is 11.8 Å². The summed E-state index contributed by atoms with van der Waals surface area (Å²) in [6.45, 7) is -0.123. The van der Waals surface area contributed by atoms with E-state index in [0.717, 1.165) is 4.90 Å². The Morgan fingerprint density at radius 2 is 1.69 bits per heavy atom. The van der Waals surface area contributed by atoms with E-state index >= 15 is 0 Å². The van der Waals surface area contributed by atoms with Gasteiger partial charge in [-0.1, -0.05) is 12.2 Å². The molecule has 152 valence electrons. The summed E-state index contributed by atoms with van der Waals surface area (Å²) in [5.74, 6) is -1.77. The summed E-state index contributed by atoms with van der Waals surface area (Å²) in [4.78, 5) is 49.7. The van der Waals surface area contributed by atoms with Crippen LogP contribution in [0.25, 0.3) is 0 Å². The fraction of sp³-hybridized carbons (Fsp3) is 0.400. The lowest BCUT2D eigenvalue weighted by atomic mass is 9.85. The number of rotatable bonds is 5. The number of ether oxygens (including phenoxy) is 3. The summed E-state index contributed by atoms with van der Waals surface area (Å²) < 4.78 is 15.8. The number of benzene rings is 1. The van der Waals surface area contributed by atoms with Crippen molar-refractivity contribution in [2.75, 3.05) is 31.7 Å². The molecular formula is C20H20N2O7. The largest absolute Gasteiger partial charge is 0.486 e. The molecular weight excluding hydrogens is 380 g/mol. The van der Waals surface area contributed by atoms with Crippen LogP contribution in [0.4, 0.5) is 5.69 Å². The Kier molecular flexibility index (Phi) is 5.20. The Bertz CT molecular complexity index is 869. The van der Waals surface area contributed by atoms with E-state index in [9.17, 15) is 19.2 Å². The van der Waals surface area contributed by atoms with Gasteiger partial charge >= 0.3 is 5.97 Å². The molecule has 2 atom stereocenters. The van der Waals surface area contributed by atoms with Gasteiger partial charge in [0.15, 0.2) is 18.1 Å². The summed E-state index contributed by atoms with van der Waals surface area (Å²) in [6.07, 6.45) is 4.74. The Morgan fingerprint density at radius 3 is 2.38 bits per heavy atom. The van der Waals surface area contributed by atoms with E-state index in [1.54, 1.807) is 18.2 Å². The fourth-order valence-corrected chi connectivity index (χ4v) is 3.66. The number of nitrogens with zero attached hydrogens (tertiary/aromatic N) is 1. The molecule has 4 rings (SSSR count). The van der Waals surface area contributed by atoms with E-state index in [2.05, 4.69) is 5.32 Å². The number of carbonyl (C=O) groups is 4. The van der Waals surface area contributed by atoms with E-state index in [-0.39, 0.29) is 11.8 Å². The van der Waals surface area contributed by atoms with Gasteiger partial charge in [-0.3, -0.25) is 24.1 Å². The molecule has 1 saturated heterocycles. The lowest BCUT2D eigenvalue weighted by molar-refractivity contribution is -0.154. The smallest absolute Gasteiger partial charge is 0.326 e. The first-order chi connectivity index (χ1) is 14.0. The minimum atomic E-state index is -0.810. The van der Waals surface area contributed by atoms with Gasteiger partial charge in [-0.05, 0) is 25.0 Å². The Balaban J connectivity index is 1.27. The van der Waals surface area contributed by atoms with Crippen LogP contribution >= 0.6 is 0 Å². The zero-order chi connectivity index (χ0) is 20.4. The first kappa shape index (κ1) is 19.0. The van der Waals surface area contributed by atoms with Crippen molar-refractivity contribution in [3.05, 3.63) is 30.4 Å². The second kappa shape index (κ2) is 7.94. The number of likely N-dealkylation sites (tertiary alicyclic amines) is 1. The van der Waals surface area contributed by atoms with Gasteiger partial charge in [0.2, 0.25) is 11.8 Å². The maximum absolute atomic E-state index is 12.3. The molecule has 1 N–H and O–H groups in total. The summed E-state index contributed by atoms with van der Waals surface area (Å²) in [6, 6.07) is 4.94. The van der Waals surface area contributed by atoms with Crippen molar-refractivity contribution >= 4 is 29.4 Å². The fourth-order valence-electron chi connectivity index (χ4n) is 3.66. The zero-order valence-corrected chi connectivity index (χ0v) is 15.6. The van der Waals surface area contributed by atoms with Crippen LogP contribution in [-0.2, 0) is 23.9 Å². The van der Waals surface area contributed by atoms with Gasteiger partial charge in [0, 0.05) is 11.8 Å². The molecule has 1 fully saturated rings. The minimum Gasteiger partial charge on any atom is -0.486 e. The van der Waals surface area contributed by atoms with Crippen molar-refractivity contribution in [3.63, 3.8) is 0 Å². The number of hydrogen-bond donors (Lipinski definition) is 1. The maximum atomic E-state index is 12.3. The van der Waals surface area contributed by atoms with Crippen molar-refractivity contribution in [1.82, 2.24) is 4.90 Å². The van der Waals surface area contributed by atoms with E-state index in [1.807, 2.05) is 12.2 Å². The predicted molar refractivity (Wildman–Crippen MR) is 99.1 cm³/mol. The van der Waals surface area contributed by atoms with Gasteiger partial charge in [0.1, 0.15) is 19.8 Å². The summed E-state index contributed by atoms with van der Waals surface area (Å²) in [5.41, 5.74) is 0.469. The van der Waals surface area contributed by atoms with E-state index in [4.69, 9.17) is 14.2 Å². The molecule has 3 aliphatic rings. The molecule has 0 spiro atoms. The molecule has 9 nitrogen and oxygen atoms in total. The Morgan fingerprint density at radius 1 is 1.03 bits per heavy atom. The molecule has 29 heavy (non-hydrogen) atoms. The topological polar surface area (TPSA) is 111 Å². The van der Waals surface area contributed by atoms with Crippen LogP contribution in [0, 0.1) is 11.8 Å². The lowest BCUT2D eigenvalue weighted by Gasteiger charge is -2.19. The third-order valence-electron chi connectivity index (χ3n) is 5.08. The summed E-state index contributed by atoms with van der Waals surface area (Å²) in [7, 11) is 0. The van der Waals surface area contributed by atoms with Crippen LogP contribution < -0.4 is 14.8 Å². The monoisotopic (exact) mass is 400 g/mol. The van der Waals surface area contributed by atoms with Crippen molar-refractivity contribution in [3.8, 4) is 11.5 Å². The van der Waals surface area contributed by atoms with Gasteiger partial charge in [-0.25, -0.2) is 0 Å². The van der Waals surface area contributed by atoms with Crippen molar-refractivity contribution in [2.45, 2.75) is 12.8 Å². The van der Waals surface area contributed by atoms with Gasteiger partial charge in [-0.2, -0.15) is 0 Å². The molecule has 1 aromatic rings. The van der Waals surface area contributed by atoms with Crippen LogP contribution in [0.3, 0.4) is 0 Å². The number of amides is 3. The highest BCUT2D eigenvalue weighted by molar-refractivity contribution is 6.07. The number of allylic oxidation sites excluding steroid dienone is 2. The van der Waals surface area contributed by atoms with Crippen LogP contribution in [0.15, 0.2) is 30.4 Å². The summed E-state index contributed by atoms with van der Waals surface area (Å²) >= 11 is 0. The molecule has 9 heteroatoms. The van der Waals surface area contributed by atoms with E-state index < -0.39 is 36.9 Å². The van der Waals surface area contributed by atoms with Crippen LogP contribution in [0.2, 0.25) is 0 Å². The first-order valence-corrected chi connectivity index (χ1v) is 9.38. The number of anilines is 1. The van der Waals surface area contributed by atoms with Crippen molar-refractivity contribution < 1.29 is 33.4 Å². The predicted octanol–water partition coefficient (Wildman–Crippen LogP) is 0.891. The molecule has 0 radical (unpaired) electrons. The molecule has 0 aromatic heterocycles. The third kappa shape index (κ3) is 3.94. The standard InChI is InChI=1S/C20H20N2O7/c23-17(21-12-5-6-15-16(9-12)28-8-7-27-15)11-29-18(24)10-22-19(25)13-3-1-2-4-14(13)20(22)26/h1-2,5-6,9,13-14H,3-4,7-8,10-11H2,(H,21,23). The number of hydrogen-bond acceptors (Lipinski definition) is 7. The number of nitrogens with one attached hydrogen (secondary N) is 1. The first-order valence-electron chi connectivity index (χ1n) is 9.38. The molecule has 2 aliphatic heterocycles. The Hall–Kier alpha value is -3.36. The molecule has 1 aromatic carbocycles. The third-order valence-corrected chi connectivity index (χ3v) is 5.08. The van der Waals surface area contributed by atoms with E-state index in [0.29, 0.717) is 43.2 Å². The minimum absolute atomic E-state index is 0.359. The second-order valence-electron chi connectivity index (χ2n) is 6.99. The Labute approximate surface area is 166 Å². The molecule has 0 bridgehead atoms. The highest BCUT2D eigenvalue weighted by Crippen LogP contribution is 2.35. The van der Waals surface area contributed by atoms with E-state index in [1.165, 1.54) is 0 Å². The SMILES string of the molecule is O=C(COC(=O)CN1C(=O)C2CC=CCC2C1=O)Nc1ccc2c(c1)OCCO2. The number of carbonyl (C=O) groups excluding carboxylic acids is 4. The van der Waals surface area contributed by atoms with Gasteiger partial charge in [0.05, 0.1) is 11.8 Å². The second-order valence-corrected chi connectivity index (χ2v) is 6.99.